The average molecular weight is 275 g/mol. The molecule has 6 heteroatoms. The van der Waals surface area contributed by atoms with Crippen molar-refractivity contribution in [3.63, 3.8) is 0 Å². The summed E-state index contributed by atoms with van der Waals surface area (Å²) in [5.74, 6) is 0. The Bertz CT molecular complexity index is 559. The number of hydrogen-bond acceptors (Lipinski definition) is 5. The molecule has 0 aromatic heterocycles. The van der Waals surface area contributed by atoms with Crippen molar-refractivity contribution in [2.75, 3.05) is 18.5 Å². The first-order valence-electron chi connectivity index (χ1n) is 6.57. The molecule has 106 valence electrons. The number of likely N-dealkylation sites (N-methyl/N-ethyl adjacent to an activating group) is 1. The molecule has 0 heterocycles. The van der Waals surface area contributed by atoms with Crippen molar-refractivity contribution in [3.05, 3.63) is 33.9 Å². The Balaban J connectivity index is 2.20. The van der Waals surface area contributed by atoms with Crippen molar-refractivity contribution < 1.29 is 10.0 Å². The summed E-state index contributed by atoms with van der Waals surface area (Å²) in [6.07, 6.45) is 3.59. The van der Waals surface area contributed by atoms with E-state index in [1.807, 2.05) is 18.0 Å². The summed E-state index contributed by atoms with van der Waals surface area (Å²) >= 11 is 0. The molecule has 20 heavy (non-hydrogen) atoms. The number of hydrogen-bond donors (Lipinski definition) is 1. The first-order chi connectivity index (χ1) is 9.45. The monoisotopic (exact) mass is 275 g/mol. The lowest BCUT2D eigenvalue weighted by atomic mass is 10.0. The molecule has 0 saturated heterocycles. The molecule has 2 rings (SSSR count). The summed E-state index contributed by atoms with van der Waals surface area (Å²) in [5, 5.41) is 30.2. The van der Waals surface area contributed by atoms with Gasteiger partial charge in [0.1, 0.15) is 11.6 Å². The third-order valence-electron chi connectivity index (χ3n) is 3.80. The fraction of sp³-hybridized carbons (Fsp3) is 0.500. The van der Waals surface area contributed by atoms with Gasteiger partial charge in [-0.25, -0.2) is 0 Å². The second-order valence-electron chi connectivity index (χ2n) is 5.36. The normalized spacial score (nSPS) is 16.6. The largest absolute Gasteiger partial charge is 0.388 e. The summed E-state index contributed by atoms with van der Waals surface area (Å²) in [6, 6.07) is 6.29. The number of nitriles is 1. The Labute approximate surface area is 117 Å². The summed E-state index contributed by atoms with van der Waals surface area (Å²) < 4.78 is 0. The highest BCUT2D eigenvalue weighted by molar-refractivity contribution is 5.59. The van der Waals surface area contributed by atoms with E-state index in [9.17, 15) is 15.2 Å². The molecule has 0 bridgehead atoms. The lowest BCUT2D eigenvalue weighted by molar-refractivity contribution is -0.385. The van der Waals surface area contributed by atoms with Crippen LogP contribution in [0.2, 0.25) is 0 Å². The molecule has 1 fully saturated rings. The standard InChI is InChI=1S/C14H17N3O3/c1-16(10-14(18)6-2-3-7-14)12-4-5-13(17(19)20)11(8-12)9-15/h4-5,8,18H,2-3,6-7,10H2,1H3. The van der Waals surface area contributed by atoms with E-state index >= 15 is 0 Å². The zero-order valence-electron chi connectivity index (χ0n) is 11.4. The van der Waals surface area contributed by atoms with Crippen LogP contribution in [-0.2, 0) is 0 Å². The third-order valence-corrected chi connectivity index (χ3v) is 3.80. The van der Waals surface area contributed by atoms with E-state index in [4.69, 9.17) is 5.26 Å². The molecule has 0 atom stereocenters. The van der Waals surface area contributed by atoms with Gasteiger partial charge in [0.25, 0.3) is 5.69 Å². The highest BCUT2D eigenvalue weighted by atomic mass is 16.6. The maximum absolute atomic E-state index is 10.8. The Morgan fingerprint density at radius 2 is 2.15 bits per heavy atom. The third kappa shape index (κ3) is 2.89. The maximum Gasteiger partial charge on any atom is 0.287 e. The van der Waals surface area contributed by atoms with Crippen LogP contribution in [0.15, 0.2) is 18.2 Å². The molecule has 1 aromatic carbocycles. The lowest BCUT2D eigenvalue weighted by Gasteiger charge is -2.30. The number of benzene rings is 1. The number of rotatable bonds is 4. The molecule has 0 unspecified atom stereocenters. The molecule has 1 aliphatic carbocycles. The minimum Gasteiger partial charge on any atom is -0.388 e. The van der Waals surface area contributed by atoms with E-state index in [-0.39, 0.29) is 11.3 Å². The van der Waals surface area contributed by atoms with Crippen LogP contribution in [0.25, 0.3) is 0 Å². The van der Waals surface area contributed by atoms with E-state index in [1.165, 1.54) is 12.1 Å². The van der Waals surface area contributed by atoms with Gasteiger partial charge >= 0.3 is 0 Å². The van der Waals surface area contributed by atoms with E-state index in [0.717, 1.165) is 25.7 Å². The molecule has 6 nitrogen and oxygen atoms in total. The molecule has 1 aliphatic rings. The summed E-state index contributed by atoms with van der Waals surface area (Å²) in [4.78, 5) is 12.1. The van der Waals surface area contributed by atoms with Gasteiger partial charge in [-0.3, -0.25) is 10.1 Å². The van der Waals surface area contributed by atoms with Crippen LogP contribution in [0.5, 0.6) is 0 Å². The van der Waals surface area contributed by atoms with Gasteiger partial charge in [-0.2, -0.15) is 5.26 Å². The average Bonchev–Trinajstić information content (AvgIpc) is 2.84. The van der Waals surface area contributed by atoms with Crippen LogP contribution in [0.4, 0.5) is 11.4 Å². The van der Waals surface area contributed by atoms with Crippen molar-refractivity contribution in [1.82, 2.24) is 0 Å². The first kappa shape index (κ1) is 14.3. The highest BCUT2D eigenvalue weighted by Gasteiger charge is 2.32. The van der Waals surface area contributed by atoms with Gasteiger partial charge in [-0.05, 0) is 25.0 Å². The van der Waals surface area contributed by atoms with Gasteiger partial charge in [0.05, 0.1) is 10.5 Å². The van der Waals surface area contributed by atoms with E-state index in [0.29, 0.717) is 12.2 Å². The van der Waals surface area contributed by atoms with Gasteiger partial charge in [0, 0.05) is 25.3 Å². The Kier molecular flexibility index (Phi) is 3.91. The number of nitro benzene ring substituents is 1. The predicted molar refractivity (Wildman–Crippen MR) is 74.5 cm³/mol. The lowest BCUT2D eigenvalue weighted by Crippen LogP contribution is -2.39. The van der Waals surface area contributed by atoms with E-state index < -0.39 is 10.5 Å². The number of aliphatic hydroxyl groups is 1. The molecule has 0 spiro atoms. The van der Waals surface area contributed by atoms with Crippen LogP contribution < -0.4 is 4.90 Å². The zero-order valence-corrected chi connectivity index (χ0v) is 11.4. The predicted octanol–water partition coefficient (Wildman–Crippen LogP) is 2.21. The summed E-state index contributed by atoms with van der Waals surface area (Å²) in [5.41, 5.74) is -0.141. The van der Waals surface area contributed by atoms with Crippen molar-refractivity contribution >= 4 is 11.4 Å². The fourth-order valence-electron chi connectivity index (χ4n) is 2.73. The van der Waals surface area contributed by atoms with E-state index in [1.54, 1.807) is 6.07 Å². The number of nitro groups is 1. The quantitative estimate of drug-likeness (QED) is 0.672. The zero-order chi connectivity index (χ0) is 14.8. The highest BCUT2D eigenvalue weighted by Crippen LogP contribution is 2.32. The van der Waals surface area contributed by atoms with Gasteiger partial charge in [-0.1, -0.05) is 12.8 Å². The van der Waals surface area contributed by atoms with Crippen molar-refractivity contribution in [2.24, 2.45) is 0 Å². The summed E-state index contributed by atoms with van der Waals surface area (Å²) in [6.45, 7) is 0.468. The molecule has 0 radical (unpaired) electrons. The molecule has 1 N–H and O–H groups in total. The molecule has 0 amide bonds. The Morgan fingerprint density at radius 3 is 2.70 bits per heavy atom. The molecule has 1 aromatic rings. The van der Waals surface area contributed by atoms with E-state index in [2.05, 4.69) is 0 Å². The molecule has 1 saturated carbocycles. The number of anilines is 1. The SMILES string of the molecule is CN(CC1(O)CCCC1)c1ccc([N+](=O)[O-])c(C#N)c1. The second-order valence-corrected chi connectivity index (χ2v) is 5.36. The van der Waals surface area contributed by atoms with Gasteiger partial charge in [0.15, 0.2) is 0 Å². The first-order valence-corrected chi connectivity index (χ1v) is 6.57. The maximum atomic E-state index is 10.8. The van der Waals surface area contributed by atoms with Crippen molar-refractivity contribution in [1.29, 1.82) is 5.26 Å². The van der Waals surface area contributed by atoms with Gasteiger partial charge in [0.2, 0.25) is 0 Å². The van der Waals surface area contributed by atoms with Crippen LogP contribution in [-0.4, -0.2) is 29.2 Å². The van der Waals surface area contributed by atoms with Gasteiger partial charge in [-0.15, -0.1) is 0 Å². The minimum atomic E-state index is -0.691. The van der Waals surface area contributed by atoms with Crippen molar-refractivity contribution in [3.8, 4) is 6.07 Å². The summed E-state index contributed by atoms with van der Waals surface area (Å²) in [7, 11) is 1.82. The van der Waals surface area contributed by atoms with Crippen LogP contribution in [0, 0.1) is 21.4 Å². The van der Waals surface area contributed by atoms with Gasteiger partial charge < -0.3 is 10.0 Å². The number of nitrogens with zero attached hydrogens (tertiary/aromatic N) is 3. The second kappa shape index (κ2) is 5.47. The van der Waals surface area contributed by atoms with Crippen molar-refractivity contribution in [2.45, 2.75) is 31.3 Å². The Hall–Kier alpha value is -2.13. The van der Waals surface area contributed by atoms with Crippen LogP contribution in [0.1, 0.15) is 31.2 Å². The minimum absolute atomic E-state index is 0.0396. The molecular weight excluding hydrogens is 258 g/mol. The fourth-order valence-corrected chi connectivity index (χ4v) is 2.73. The topological polar surface area (TPSA) is 90.4 Å². The molecular formula is C14H17N3O3. The smallest absolute Gasteiger partial charge is 0.287 e. The molecule has 0 aliphatic heterocycles. The van der Waals surface area contributed by atoms with Crippen LogP contribution in [0.3, 0.4) is 0 Å². The Morgan fingerprint density at radius 1 is 1.50 bits per heavy atom. The van der Waals surface area contributed by atoms with Crippen LogP contribution >= 0.6 is 0 Å².